The molecular formula is C15H23NO2. The first kappa shape index (κ1) is 13.5. The van der Waals surface area contributed by atoms with Crippen molar-refractivity contribution in [2.24, 2.45) is 0 Å². The van der Waals surface area contributed by atoms with Gasteiger partial charge >= 0.3 is 0 Å². The zero-order chi connectivity index (χ0) is 13.0. The minimum absolute atomic E-state index is 0.587. The molecule has 1 saturated heterocycles. The first-order valence-corrected chi connectivity index (χ1v) is 6.67. The van der Waals surface area contributed by atoms with Crippen molar-refractivity contribution in [3.63, 3.8) is 0 Å². The zero-order valence-electron chi connectivity index (χ0n) is 11.3. The van der Waals surface area contributed by atoms with Crippen LogP contribution >= 0.6 is 0 Å². The molecule has 18 heavy (non-hydrogen) atoms. The molecule has 3 nitrogen and oxygen atoms in total. The fourth-order valence-corrected chi connectivity index (χ4v) is 2.36. The topological polar surface area (TPSA) is 41.5 Å². The Hall–Kier alpha value is -0.900. The summed E-state index contributed by atoms with van der Waals surface area (Å²) in [6.45, 7) is 7.07. The number of rotatable bonds is 4. The number of aryl methyl sites for hydroxylation is 1. The van der Waals surface area contributed by atoms with E-state index in [9.17, 15) is 5.11 Å². The molecule has 0 bridgehead atoms. The normalized spacial score (nSPS) is 18.8. The van der Waals surface area contributed by atoms with Crippen molar-refractivity contribution < 1.29 is 9.84 Å². The van der Waals surface area contributed by atoms with Crippen molar-refractivity contribution in [3.05, 3.63) is 34.9 Å². The van der Waals surface area contributed by atoms with E-state index in [1.165, 1.54) is 16.7 Å². The summed E-state index contributed by atoms with van der Waals surface area (Å²) in [5, 5.41) is 13.7. The second-order valence-corrected chi connectivity index (χ2v) is 5.30. The zero-order valence-corrected chi connectivity index (χ0v) is 11.3. The van der Waals surface area contributed by atoms with Crippen LogP contribution < -0.4 is 5.32 Å². The second kappa shape index (κ2) is 5.83. The van der Waals surface area contributed by atoms with Crippen molar-refractivity contribution in [2.45, 2.75) is 38.8 Å². The van der Waals surface area contributed by atoms with E-state index < -0.39 is 5.60 Å². The van der Waals surface area contributed by atoms with Crippen LogP contribution in [0.3, 0.4) is 0 Å². The number of hydrogen-bond acceptors (Lipinski definition) is 3. The lowest BCUT2D eigenvalue weighted by atomic mass is 9.94. The van der Waals surface area contributed by atoms with Gasteiger partial charge in [0.25, 0.3) is 0 Å². The Kier molecular flexibility index (Phi) is 4.38. The third-order valence-corrected chi connectivity index (χ3v) is 3.91. The van der Waals surface area contributed by atoms with Gasteiger partial charge in [-0.05, 0) is 30.5 Å². The summed E-state index contributed by atoms with van der Waals surface area (Å²) in [7, 11) is 0. The summed E-state index contributed by atoms with van der Waals surface area (Å²) in [6, 6.07) is 6.36. The molecule has 2 rings (SSSR count). The molecule has 0 saturated carbocycles. The van der Waals surface area contributed by atoms with Gasteiger partial charge in [-0.25, -0.2) is 0 Å². The lowest BCUT2D eigenvalue weighted by molar-refractivity contribution is -0.0617. The largest absolute Gasteiger partial charge is 0.388 e. The highest BCUT2D eigenvalue weighted by molar-refractivity contribution is 5.32. The quantitative estimate of drug-likeness (QED) is 0.857. The van der Waals surface area contributed by atoms with Gasteiger partial charge in [0, 0.05) is 39.1 Å². The fraction of sp³-hybridized carbons (Fsp3) is 0.600. The SMILES string of the molecule is Cc1cccc(CNCC2(O)CCOCC2)c1C. The Bertz CT molecular complexity index is 397. The Morgan fingerprint density at radius 1 is 1.28 bits per heavy atom. The van der Waals surface area contributed by atoms with E-state index >= 15 is 0 Å². The van der Waals surface area contributed by atoms with E-state index in [-0.39, 0.29) is 0 Å². The van der Waals surface area contributed by atoms with Crippen LogP contribution in [0.5, 0.6) is 0 Å². The number of benzene rings is 1. The minimum atomic E-state index is -0.587. The van der Waals surface area contributed by atoms with Gasteiger partial charge in [-0.2, -0.15) is 0 Å². The number of aliphatic hydroxyl groups is 1. The lowest BCUT2D eigenvalue weighted by Crippen LogP contribution is -2.44. The van der Waals surface area contributed by atoms with Crippen LogP contribution in [0.15, 0.2) is 18.2 Å². The van der Waals surface area contributed by atoms with E-state index in [0.29, 0.717) is 19.8 Å². The van der Waals surface area contributed by atoms with Gasteiger partial charge in [-0.3, -0.25) is 0 Å². The van der Waals surface area contributed by atoms with Crippen LogP contribution in [0.4, 0.5) is 0 Å². The Labute approximate surface area is 109 Å². The maximum absolute atomic E-state index is 10.3. The Morgan fingerprint density at radius 3 is 2.72 bits per heavy atom. The average molecular weight is 249 g/mol. The maximum atomic E-state index is 10.3. The van der Waals surface area contributed by atoms with Crippen LogP contribution in [0.25, 0.3) is 0 Å². The molecule has 1 fully saturated rings. The smallest absolute Gasteiger partial charge is 0.0815 e. The molecule has 1 aromatic rings. The predicted octanol–water partition coefficient (Wildman–Crippen LogP) is 1.93. The Morgan fingerprint density at radius 2 is 2.00 bits per heavy atom. The van der Waals surface area contributed by atoms with Gasteiger partial charge in [0.1, 0.15) is 0 Å². The monoisotopic (exact) mass is 249 g/mol. The first-order chi connectivity index (χ1) is 8.61. The molecule has 0 unspecified atom stereocenters. The number of nitrogens with one attached hydrogen (secondary N) is 1. The summed E-state index contributed by atoms with van der Waals surface area (Å²) >= 11 is 0. The fourth-order valence-electron chi connectivity index (χ4n) is 2.36. The summed E-state index contributed by atoms with van der Waals surface area (Å²) in [5.74, 6) is 0. The van der Waals surface area contributed by atoms with E-state index in [1.54, 1.807) is 0 Å². The van der Waals surface area contributed by atoms with Crippen LogP contribution in [0, 0.1) is 13.8 Å². The van der Waals surface area contributed by atoms with E-state index in [0.717, 1.165) is 19.4 Å². The summed E-state index contributed by atoms with van der Waals surface area (Å²) in [6.07, 6.45) is 1.46. The third kappa shape index (κ3) is 3.31. The molecule has 1 aliphatic rings. The summed E-state index contributed by atoms with van der Waals surface area (Å²) in [4.78, 5) is 0. The lowest BCUT2D eigenvalue weighted by Gasteiger charge is -2.32. The standard InChI is InChI=1S/C15H23NO2/c1-12-4-3-5-14(13(12)2)10-16-11-15(17)6-8-18-9-7-15/h3-5,16-17H,6-11H2,1-2H3. The molecule has 1 aliphatic heterocycles. The van der Waals surface area contributed by atoms with E-state index in [1.807, 2.05) is 0 Å². The molecule has 2 N–H and O–H groups in total. The maximum Gasteiger partial charge on any atom is 0.0815 e. The van der Waals surface area contributed by atoms with E-state index in [4.69, 9.17) is 4.74 Å². The molecule has 1 heterocycles. The Balaban J connectivity index is 1.86. The average Bonchev–Trinajstić information content (AvgIpc) is 2.35. The molecule has 0 aromatic heterocycles. The molecule has 0 amide bonds. The predicted molar refractivity (Wildman–Crippen MR) is 72.6 cm³/mol. The van der Waals surface area contributed by atoms with Gasteiger partial charge in [-0.15, -0.1) is 0 Å². The molecule has 0 spiro atoms. The molecule has 1 aromatic carbocycles. The molecule has 3 heteroatoms. The van der Waals surface area contributed by atoms with Gasteiger partial charge in [0.2, 0.25) is 0 Å². The highest BCUT2D eigenvalue weighted by atomic mass is 16.5. The van der Waals surface area contributed by atoms with Gasteiger partial charge < -0.3 is 15.2 Å². The van der Waals surface area contributed by atoms with Crippen LogP contribution in [-0.2, 0) is 11.3 Å². The second-order valence-electron chi connectivity index (χ2n) is 5.30. The van der Waals surface area contributed by atoms with Crippen molar-refractivity contribution in [2.75, 3.05) is 19.8 Å². The number of ether oxygens (including phenoxy) is 1. The van der Waals surface area contributed by atoms with Crippen LogP contribution in [0.1, 0.15) is 29.5 Å². The van der Waals surface area contributed by atoms with Crippen molar-refractivity contribution >= 4 is 0 Å². The molecular weight excluding hydrogens is 226 g/mol. The van der Waals surface area contributed by atoms with Crippen LogP contribution in [-0.4, -0.2) is 30.5 Å². The number of hydrogen-bond donors (Lipinski definition) is 2. The highest BCUT2D eigenvalue weighted by Gasteiger charge is 2.29. The molecule has 100 valence electrons. The van der Waals surface area contributed by atoms with Gasteiger partial charge in [0.05, 0.1) is 5.60 Å². The molecule has 0 radical (unpaired) electrons. The van der Waals surface area contributed by atoms with Crippen molar-refractivity contribution in [1.82, 2.24) is 5.32 Å². The van der Waals surface area contributed by atoms with Crippen molar-refractivity contribution in [1.29, 1.82) is 0 Å². The summed E-state index contributed by atoms with van der Waals surface area (Å²) < 4.78 is 5.28. The third-order valence-electron chi connectivity index (χ3n) is 3.91. The molecule has 0 aliphatic carbocycles. The van der Waals surface area contributed by atoms with Gasteiger partial charge in [0.15, 0.2) is 0 Å². The van der Waals surface area contributed by atoms with Crippen molar-refractivity contribution in [3.8, 4) is 0 Å². The highest BCUT2D eigenvalue weighted by Crippen LogP contribution is 2.19. The van der Waals surface area contributed by atoms with E-state index in [2.05, 4.69) is 37.4 Å². The first-order valence-electron chi connectivity index (χ1n) is 6.67. The molecule has 0 atom stereocenters. The van der Waals surface area contributed by atoms with Gasteiger partial charge in [-0.1, -0.05) is 18.2 Å². The minimum Gasteiger partial charge on any atom is -0.388 e. The summed E-state index contributed by atoms with van der Waals surface area (Å²) in [5.41, 5.74) is 3.38. The van der Waals surface area contributed by atoms with Crippen LogP contribution in [0.2, 0.25) is 0 Å².